The molecular formula is C15H29NO2. The fourth-order valence-corrected chi connectivity index (χ4v) is 2.64. The number of hydrogen-bond donors (Lipinski definition) is 1. The van der Waals surface area contributed by atoms with Crippen LogP contribution < -0.4 is 5.73 Å². The summed E-state index contributed by atoms with van der Waals surface area (Å²) in [5, 5.41) is 0. The van der Waals surface area contributed by atoms with Crippen molar-refractivity contribution in [2.75, 3.05) is 6.54 Å². The highest BCUT2D eigenvalue weighted by molar-refractivity contribution is 5.69. The first-order valence-electron chi connectivity index (χ1n) is 7.34. The van der Waals surface area contributed by atoms with Gasteiger partial charge >= 0.3 is 5.97 Å². The summed E-state index contributed by atoms with van der Waals surface area (Å²) in [6.45, 7) is 7.20. The van der Waals surface area contributed by atoms with Gasteiger partial charge in [0.2, 0.25) is 0 Å². The molecule has 0 amide bonds. The Morgan fingerprint density at radius 1 is 1.28 bits per heavy atom. The molecule has 0 radical (unpaired) electrons. The lowest BCUT2D eigenvalue weighted by molar-refractivity contribution is -0.153. The summed E-state index contributed by atoms with van der Waals surface area (Å²) in [6.07, 6.45) is 7.21. The van der Waals surface area contributed by atoms with E-state index in [9.17, 15) is 4.79 Å². The van der Waals surface area contributed by atoms with Gasteiger partial charge in [-0.15, -0.1) is 0 Å². The minimum Gasteiger partial charge on any atom is -0.462 e. The van der Waals surface area contributed by atoms with Crippen molar-refractivity contribution in [3.63, 3.8) is 0 Å². The van der Waals surface area contributed by atoms with Crippen LogP contribution in [0.4, 0.5) is 0 Å². The number of esters is 1. The highest BCUT2D eigenvalue weighted by Crippen LogP contribution is 2.29. The van der Waals surface area contributed by atoms with Gasteiger partial charge in [0.1, 0.15) is 6.10 Å². The summed E-state index contributed by atoms with van der Waals surface area (Å²) in [4.78, 5) is 11.9. The molecule has 1 saturated carbocycles. The second kappa shape index (κ2) is 7.13. The third-order valence-electron chi connectivity index (χ3n) is 4.14. The standard InChI is InChI=1S/C15H29NO2/c1-12-6-4-5-7-13(12)18-14(17)8-9-15(2,3)10-11-16/h12-13H,4-11,16H2,1-3H3. The Bertz CT molecular complexity index is 263. The quantitative estimate of drug-likeness (QED) is 0.741. The van der Waals surface area contributed by atoms with Crippen molar-refractivity contribution in [3.05, 3.63) is 0 Å². The second-order valence-electron chi connectivity index (χ2n) is 6.49. The van der Waals surface area contributed by atoms with Crippen LogP contribution in [0.25, 0.3) is 0 Å². The van der Waals surface area contributed by atoms with E-state index >= 15 is 0 Å². The number of carbonyl (C=O) groups excluding carboxylic acids is 1. The maximum atomic E-state index is 11.9. The molecule has 0 aromatic heterocycles. The van der Waals surface area contributed by atoms with Crippen LogP contribution >= 0.6 is 0 Å². The van der Waals surface area contributed by atoms with Gasteiger partial charge in [0.25, 0.3) is 0 Å². The highest BCUT2D eigenvalue weighted by atomic mass is 16.5. The van der Waals surface area contributed by atoms with Crippen LogP contribution in [0, 0.1) is 11.3 Å². The first-order valence-corrected chi connectivity index (χ1v) is 7.34. The van der Waals surface area contributed by atoms with E-state index < -0.39 is 0 Å². The molecule has 0 saturated heterocycles. The van der Waals surface area contributed by atoms with Crippen molar-refractivity contribution in [1.29, 1.82) is 0 Å². The van der Waals surface area contributed by atoms with Crippen LogP contribution in [0.15, 0.2) is 0 Å². The van der Waals surface area contributed by atoms with Gasteiger partial charge in [-0.1, -0.05) is 27.2 Å². The number of rotatable bonds is 6. The van der Waals surface area contributed by atoms with Crippen LogP contribution in [0.2, 0.25) is 0 Å². The largest absolute Gasteiger partial charge is 0.462 e. The zero-order valence-electron chi connectivity index (χ0n) is 12.2. The molecule has 1 fully saturated rings. The van der Waals surface area contributed by atoms with E-state index in [-0.39, 0.29) is 17.5 Å². The lowest BCUT2D eigenvalue weighted by Gasteiger charge is -2.29. The smallest absolute Gasteiger partial charge is 0.306 e. The Kier molecular flexibility index (Phi) is 6.13. The monoisotopic (exact) mass is 255 g/mol. The van der Waals surface area contributed by atoms with Gasteiger partial charge in [0, 0.05) is 6.42 Å². The Hall–Kier alpha value is -0.570. The summed E-state index contributed by atoms with van der Waals surface area (Å²) < 4.78 is 5.61. The molecule has 2 N–H and O–H groups in total. The van der Waals surface area contributed by atoms with Gasteiger partial charge in [-0.3, -0.25) is 4.79 Å². The van der Waals surface area contributed by atoms with Crippen LogP contribution in [-0.2, 0) is 9.53 Å². The summed E-state index contributed by atoms with van der Waals surface area (Å²) in [6, 6.07) is 0. The molecular weight excluding hydrogens is 226 g/mol. The molecule has 18 heavy (non-hydrogen) atoms. The fourth-order valence-electron chi connectivity index (χ4n) is 2.64. The molecule has 1 aliphatic rings. The molecule has 1 rings (SSSR count). The molecule has 106 valence electrons. The summed E-state index contributed by atoms with van der Waals surface area (Å²) >= 11 is 0. The predicted octanol–water partition coefficient (Wildman–Crippen LogP) is 3.26. The third kappa shape index (κ3) is 5.38. The van der Waals surface area contributed by atoms with Crippen LogP contribution in [0.5, 0.6) is 0 Å². The average molecular weight is 255 g/mol. The minimum atomic E-state index is -0.0288. The number of hydrogen-bond acceptors (Lipinski definition) is 3. The van der Waals surface area contributed by atoms with Crippen molar-refractivity contribution in [2.24, 2.45) is 17.1 Å². The molecule has 2 unspecified atom stereocenters. The van der Waals surface area contributed by atoms with Crippen LogP contribution in [-0.4, -0.2) is 18.6 Å². The Morgan fingerprint density at radius 2 is 1.94 bits per heavy atom. The first kappa shape index (κ1) is 15.5. The fraction of sp³-hybridized carbons (Fsp3) is 0.933. The van der Waals surface area contributed by atoms with Gasteiger partial charge in [-0.2, -0.15) is 0 Å². The van der Waals surface area contributed by atoms with E-state index in [2.05, 4.69) is 20.8 Å². The Balaban J connectivity index is 2.28. The lowest BCUT2D eigenvalue weighted by Crippen LogP contribution is -2.29. The lowest BCUT2D eigenvalue weighted by atomic mass is 9.84. The molecule has 0 aromatic carbocycles. The van der Waals surface area contributed by atoms with E-state index in [4.69, 9.17) is 10.5 Å². The Morgan fingerprint density at radius 3 is 2.56 bits per heavy atom. The van der Waals surface area contributed by atoms with Gasteiger partial charge in [-0.05, 0) is 50.0 Å². The van der Waals surface area contributed by atoms with Gasteiger partial charge in [0.05, 0.1) is 0 Å². The van der Waals surface area contributed by atoms with Crippen molar-refractivity contribution >= 4 is 5.97 Å². The predicted molar refractivity (Wildman–Crippen MR) is 74.2 cm³/mol. The second-order valence-corrected chi connectivity index (χ2v) is 6.49. The van der Waals surface area contributed by atoms with E-state index in [0.29, 0.717) is 18.9 Å². The zero-order chi connectivity index (χ0) is 13.6. The summed E-state index contributed by atoms with van der Waals surface area (Å²) in [5.41, 5.74) is 5.72. The van der Waals surface area contributed by atoms with Crippen LogP contribution in [0.3, 0.4) is 0 Å². The summed E-state index contributed by atoms with van der Waals surface area (Å²) in [5.74, 6) is 0.499. The maximum Gasteiger partial charge on any atom is 0.306 e. The molecule has 3 nitrogen and oxygen atoms in total. The molecule has 1 aliphatic carbocycles. The van der Waals surface area contributed by atoms with Crippen molar-refractivity contribution in [3.8, 4) is 0 Å². The molecule has 3 heteroatoms. The molecule has 0 aromatic rings. The van der Waals surface area contributed by atoms with E-state index in [1.165, 1.54) is 19.3 Å². The van der Waals surface area contributed by atoms with Crippen molar-refractivity contribution in [2.45, 2.75) is 71.8 Å². The molecule has 0 aliphatic heterocycles. The van der Waals surface area contributed by atoms with Crippen molar-refractivity contribution in [1.82, 2.24) is 0 Å². The van der Waals surface area contributed by atoms with Crippen LogP contribution in [0.1, 0.15) is 65.7 Å². The zero-order valence-corrected chi connectivity index (χ0v) is 12.2. The van der Waals surface area contributed by atoms with Crippen molar-refractivity contribution < 1.29 is 9.53 Å². The van der Waals surface area contributed by atoms with E-state index in [1.54, 1.807) is 0 Å². The molecule has 0 heterocycles. The third-order valence-corrected chi connectivity index (χ3v) is 4.14. The van der Waals surface area contributed by atoms with Gasteiger partial charge < -0.3 is 10.5 Å². The SMILES string of the molecule is CC1CCCCC1OC(=O)CCC(C)(C)CCN. The summed E-state index contributed by atoms with van der Waals surface area (Å²) in [7, 11) is 0. The van der Waals surface area contributed by atoms with Gasteiger partial charge in [0.15, 0.2) is 0 Å². The first-order chi connectivity index (χ1) is 8.44. The number of ether oxygens (including phenoxy) is 1. The topological polar surface area (TPSA) is 52.3 Å². The Labute approximate surface area is 111 Å². The highest BCUT2D eigenvalue weighted by Gasteiger charge is 2.25. The molecule has 0 spiro atoms. The van der Waals surface area contributed by atoms with E-state index in [0.717, 1.165) is 19.3 Å². The minimum absolute atomic E-state index is 0.0288. The molecule has 0 bridgehead atoms. The average Bonchev–Trinajstić information content (AvgIpc) is 2.30. The maximum absolute atomic E-state index is 11.9. The number of nitrogens with two attached hydrogens (primary N) is 1. The normalized spacial score (nSPS) is 24.9. The molecule has 2 atom stereocenters. The number of carbonyl (C=O) groups is 1. The van der Waals surface area contributed by atoms with Gasteiger partial charge in [-0.25, -0.2) is 0 Å². The van der Waals surface area contributed by atoms with E-state index in [1.807, 2.05) is 0 Å².